The second kappa shape index (κ2) is 10.6. The zero-order chi connectivity index (χ0) is 24.9. The van der Waals surface area contributed by atoms with E-state index >= 15 is 0 Å². The number of hydrogen-bond donors (Lipinski definition) is 1. The van der Waals surface area contributed by atoms with Gasteiger partial charge >= 0.3 is 12.1 Å². The lowest BCUT2D eigenvalue weighted by Gasteiger charge is -2.12. The molecule has 0 aliphatic heterocycles. The molecule has 182 valence electrons. The smallest absolute Gasteiger partial charge is 0.417 e. The summed E-state index contributed by atoms with van der Waals surface area (Å²) >= 11 is 0. The first-order valence-electron chi connectivity index (χ1n) is 10.7. The minimum atomic E-state index is -4.45. The number of rotatable bonds is 10. The second-order valence-electron chi connectivity index (χ2n) is 8.04. The molecule has 0 fully saturated rings. The van der Waals surface area contributed by atoms with Gasteiger partial charge in [-0.15, -0.1) is 0 Å². The molecule has 3 aromatic rings. The zero-order valence-electron chi connectivity index (χ0n) is 19.1. The Morgan fingerprint density at radius 3 is 2.53 bits per heavy atom. The number of benzene rings is 1. The number of carboxylic acid groups (broad SMARTS) is 1. The van der Waals surface area contributed by atoms with Crippen LogP contribution in [0.5, 0.6) is 11.5 Å². The number of alkyl halides is 3. The number of ether oxygens (including phenoxy) is 2. The van der Waals surface area contributed by atoms with E-state index in [4.69, 9.17) is 14.6 Å². The molecule has 0 bridgehead atoms. The molecule has 7 nitrogen and oxygen atoms in total. The molecule has 0 saturated carbocycles. The van der Waals surface area contributed by atoms with E-state index in [1.807, 2.05) is 13.8 Å². The van der Waals surface area contributed by atoms with Gasteiger partial charge in [-0.3, -0.25) is 4.79 Å². The number of hydrogen-bond acceptors (Lipinski definition) is 5. The Bertz CT molecular complexity index is 1130. The maximum atomic E-state index is 12.8. The Balaban J connectivity index is 1.68. The summed E-state index contributed by atoms with van der Waals surface area (Å²) in [5.74, 6) is 0.472. The van der Waals surface area contributed by atoms with Gasteiger partial charge in [0.2, 0.25) is 0 Å². The van der Waals surface area contributed by atoms with Crippen LogP contribution >= 0.6 is 0 Å². The van der Waals surface area contributed by atoms with Crippen molar-refractivity contribution in [2.45, 2.75) is 45.2 Å². The number of carboxylic acids is 1. The molecule has 34 heavy (non-hydrogen) atoms. The SMILES string of the molecule is COc1ccc(OCCCc2cn(-c3ccc(C(F)(F)F)cn3)nc2C(C)C)c(CC(=O)O)c1. The highest BCUT2D eigenvalue weighted by Crippen LogP contribution is 2.29. The second-order valence-corrected chi connectivity index (χ2v) is 8.04. The molecular formula is C24H26F3N3O4. The minimum absolute atomic E-state index is 0.107. The molecule has 1 aromatic carbocycles. The molecule has 0 saturated heterocycles. The van der Waals surface area contributed by atoms with Crippen molar-refractivity contribution in [1.82, 2.24) is 14.8 Å². The van der Waals surface area contributed by atoms with Gasteiger partial charge in [0.1, 0.15) is 11.5 Å². The average molecular weight is 477 g/mol. The number of aryl methyl sites for hydroxylation is 1. The third kappa shape index (κ3) is 6.27. The van der Waals surface area contributed by atoms with E-state index in [1.165, 1.54) is 17.9 Å². The van der Waals surface area contributed by atoms with Crippen molar-refractivity contribution in [1.29, 1.82) is 0 Å². The normalized spacial score (nSPS) is 11.6. The maximum Gasteiger partial charge on any atom is 0.417 e. The third-order valence-corrected chi connectivity index (χ3v) is 5.14. The van der Waals surface area contributed by atoms with Crippen LogP contribution in [-0.4, -0.2) is 39.6 Å². The Hall–Kier alpha value is -3.56. The van der Waals surface area contributed by atoms with Crippen LogP contribution in [0.3, 0.4) is 0 Å². The molecule has 2 aromatic heterocycles. The van der Waals surface area contributed by atoms with E-state index in [-0.39, 0.29) is 12.3 Å². The van der Waals surface area contributed by atoms with Crippen molar-refractivity contribution in [2.75, 3.05) is 13.7 Å². The predicted octanol–water partition coefficient (Wildman–Crippen LogP) is 5.06. The Morgan fingerprint density at radius 1 is 1.18 bits per heavy atom. The number of methoxy groups -OCH3 is 1. The monoisotopic (exact) mass is 477 g/mol. The highest BCUT2D eigenvalue weighted by atomic mass is 19.4. The van der Waals surface area contributed by atoms with Gasteiger partial charge in [0.05, 0.1) is 31.4 Å². The third-order valence-electron chi connectivity index (χ3n) is 5.14. The van der Waals surface area contributed by atoms with Gasteiger partial charge in [-0.2, -0.15) is 18.3 Å². The Morgan fingerprint density at radius 2 is 1.94 bits per heavy atom. The first kappa shape index (κ1) is 25.1. The fourth-order valence-corrected chi connectivity index (χ4v) is 3.48. The summed E-state index contributed by atoms with van der Waals surface area (Å²) in [7, 11) is 1.51. The van der Waals surface area contributed by atoms with E-state index < -0.39 is 17.7 Å². The fraction of sp³-hybridized carbons (Fsp3) is 0.375. The minimum Gasteiger partial charge on any atom is -0.497 e. The summed E-state index contributed by atoms with van der Waals surface area (Å²) in [6, 6.07) is 7.31. The standard InChI is InChI=1S/C24H26F3N3O4/c1-15(2)23-16(14-30(29-23)21-9-6-18(13-28-21)24(25,26)27)5-4-10-34-20-8-7-19(33-3)11-17(20)12-22(31)32/h6-9,11,13-15H,4-5,10,12H2,1-3H3,(H,31,32). The Kier molecular flexibility index (Phi) is 7.80. The lowest BCUT2D eigenvalue weighted by Crippen LogP contribution is -2.07. The van der Waals surface area contributed by atoms with Crippen LogP contribution in [0.15, 0.2) is 42.7 Å². The summed E-state index contributed by atoms with van der Waals surface area (Å²) in [5.41, 5.74) is 1.49. The lowest BCUT2D eigenvalue weighted by molar-refractivity contribution is -0.138. The number of carbonyl (C=O) groups is 1. The summed E-state index contributed by atoms with van der Waals surface area (Å²) in [5, 5.41) is 13.7. The van der Waals surface area contributed by atoms with Crippen molar-refractivity contribution in [3.8, 4) is 17.3 Å². The van der Waals surface area contributed by atoms with Crippen LogP contribution in [0.1, 0.15) is 48.6 Å². The molecule has 0 aliphatic rings. The molecule has 0 aliphatic carbocycles. The van der Waals surface area contributed by atoms with Gasteiger partial charge in [-0.05, 0) is 54.7 Å². The van der Waals surface area contributed by atoms with Crippen molar-refractivity contribution in [3.05, 3.63) is 65.1 Å². The quantitative estimate of drug-likeness (QED) is 0.411. The van der Waals surface area contributed by atoms with Gasteiger partial charge in [0.25, 0.3) is 0 Å². The maximum absolute atomic E-state index is 12.8. The molecule has 0 spiro atoms. The first-order chi connectivity index (χ1) is 16.1. The van der Waals surface area contributed by atoms with Crippen molar-refractivity contribution < 1.29 is 32.5 Å². The summed E-state index contributed by atoms with van der Waals surface area (Å²) in [4.78, 5) is 15.1. The summed E-state index contributed by atoms with van der Waals surface area (Å²) in [6.07, 6.45) is -0.810. The molecule has 1 N–H and O–H groups in total. The molecular weight excluding hydrogens is 451 g/mol. The molecule has 2 heterocycles. The molecule has 0 unspecified atom stereocenters. The number of nitrogens with zero attached hydrogens (tertiary/aromatic N) is 3. The molecule has 0 amide bonds. The Labute approximate surface area is 195 Å². The van der Waals surface area contributed by atoms with E-state index in [2.05, 4.69) is 10.1 Å². The fourth-order valence-electron chi connectivity index (χ4n) is 3.48. The van der Waals surface area contributed by atoms with Gasteiger partial charge < -0.3 is 14.6 Å². The van der Waals surface area contributed by atoms with E-state index in [0.29, 0.717) is 42.3 Å². The van der Waals surface area contributed by atoms with Crippen LogP contribution in [0.2, 0.25) is 0 Å². The van der Waals surface area contributed by atoms with Crippen LogP contribution in [0.4, 0.5) is 13.2 Å². The lowest BCUT2D eigenvalue weighted by atomic mass is 10.0. The molecule has 0 radical (unpaired) electrons. The van der Waals surface area contributed by atoms with Crippen molar-refractivity contribution in [3.63, 3.8) is 0 Å². The van der Waals surface area contributed by atoms with Crippen molar-refractivity contribution in [2.24, 2.45) is 0 Å². The van der Waals surface area contributed by atoms with Gasteiger partial charge in [-0.1, -0.05) is 13.8 Å². The number of pyridine rings is 1. The predicted molar refractivity (Wildman–Crippen MR) is 119 cm³/mol. The average Bonchev–Trinajstić information content (AvgIpc) is 3.21. The molecule has 3 rings (SSSR count). The van der Waals surface area contributed by atoms with Gasteiger partial charge in [0, 0.05) is 18.0 Å². The number of aromatic nitrogens is 3. The summed E-state index contributed by atoms with van der Waals surface area (Å²) in [6.45, 7) is 4.32. The van der Waals surface area contributed by atoms with Crippen LogP contribution < -0.4 is 9.47 Å². The first-order valence-corrected chi connectivity index (χ1v) is 10.7. The summed E-state index contributed by atoms with van der Waals surface area (Å²) < 4.78 is 50.9. The number of aliphatic carboxylic acids is 1. The highest BCUT2D eigenvalue weighted by Gasteiger charge is 2.30. The van der Waals surface area contributed by atoms with E-state index in [9.17, 15) is 18.0 Å². The molecule has 10 heteroatoms. The van der Waals surface area contributed by atoms with E-state index in [0.717, 1.165) is 23.5 Å². The largest absolute Gasteiger partial charge is 0.497 e. The topological polar surface area (TPSA) is 86.5 Å². The van der Waals surface area contributed by atoms with Gasteiger partial charge in [-0.25, -0.2) is 9.67 Å². The molecule has 0 atom stereocenters. The van der Waals surface area contributed by atoms with Gasteiger partial charge in [0.15, 0.2) is 5.82 Å². The highest BCUT2D eigenvalue weighted by molar-refractivity contribution is 5.71. The van der Waals surface area contributed by atoms with E-state index in [1.54, 1.807) is 24.4 Å². The van der Waals surface area contributed by atoms with Crippen molar-refractivity contribution >= 4 is 5.97 Å². The zero-order valence-corrected chi connectivity index (χ0v) is 19.1. The van der Waals surface area contributed by atoms with Crippen LogP contribution in [0, 0.1) is 0 Å². The van der Waals surface area contributed by atoms with Crippen LogP contribution in [-0.2, 0) is 23.8 Å². The number of halogens is 3. The van der Waals surface area contributed by atoms with Crippen LogP contribution in [0.25, 0.3) is 5.82 Å².